The maximum absolute atomic E-state index is 11.1. The smallest absolute Gasteiger partial charge is 0.266 e. The fourth-order valence-electron chi connectivity index (χ4n) is 1.76. The number of aromatic nitrogens is 2. The molecule has 0 fully saturated rings. The molecule has 2 aromatic rings. The number of rotatable bonds is 4. The van der Waals surface area contributed by atoms with Crippen LogP contribution in [0.15, 0.2) is 47.4 Å². The highest BCUT2D eigenvalue weighted by atomic mass is 16.1. The van der Waals surface area contributed by atoms with Crippen molar-refractivity contribution in [1.82, 2.24) is 10.2 Å². The Balaban J connectivity index is 1.98. The molecule has 0 radical (unpaired) electrons. The molecule has 17 heavy (non-hydrogen) atoms. The number of hydrogen-bond acceptors (Lipinski definition) is 3. The van der Waals surface area contributed by atoms with Gasteiger partial charge in [0.15, 0.2) is 0 Å². The van der Waals surface area contributed by atoms with E-state index in [1.807, 2.05) is 18.2 Å². The predicted octanol–water partition coefficient (Wildman–Crippen LogP) is 1.81. The Morgan fingerprint density at radius 2 is 2.12 bits per heavy atom. The van der Waals surface area contributed by atoms with E-state index in [0.29, 0.717) is 0 Å². The standard InChI is InChI=1S/C13H15N3O/c1-10(7-11-5-3-2-4-6-11)15-12-8-13(17)16-14-9-12/h2-6,8-10H,7H2,1H3,(H2,15,16,17). The molecular weight excluding hydrogens is 214 g/mol. The molecule has 88 valence electrons. The van der Waals surface area contributed by atoms with Gasteiger partial charge in [0.25, 0.3) is 5.56 Å². The van der Waals surface area contributed by atoms with Crippen molar-refractivity contribution >= 4 is 5.69 Å². The monoisotopic (exact) mass is 229 g/mol. The number of nitrogens with zero attached hydrogens (tertiary/aromatic N) is 1. The summed E-state index contributed by atoms with van der Waals surface area (Å²) < 4.78 is 0. The highest BCUT2D eigenvalue weighted by molar-refractivity contribution is 5.40. The fraction of sp³-hybridized carbons (Fsp3) is 0.231. The summed E-state index contributed by atoms with van der Waals surface area (Å²) in [6.07, 6.45) is 2.52. The highest BCUT2D eigenvalue weighted by Crippen LogP contribution is 2.07. The van der Waals surface area contributed by atoms with Crippen molar-refractivity contribution in [3.63, 3.8) is 0 Å². The molecule has 0 aliphatic heterocycles. The van der Waals surface area contributed by atoms with Crippen LogP contribution in [0, 0.1) is 0 Å². The van der Waals surface area contributed by atoms with Gasteiger partial charge in [-0.25, -0.2) is 5.10 Å². The summed E-state index contributed by atoms with van der Waals surface area (Å²) >= 11 is 0. The van der Waals surface area contributed by atoms with E-state index in [4.69, 9.17) is 0 Å². The lowest BCUT2D eigenvalue weighted by Crippen LogP contribution is -2.19. The van der Waals surface area contributed by atoms with Crippen LogP contribution in [0.25, 0.3) is 0 Å². The quantitative estimate of drug-likeness (QED) is 0.840. The maximum atomic E-state index is 11.1. The van der Waals surface area contributed by atoms with Crippen LogP contribution in [0.4, 0.5) is 5.69 Å². The molecule has 1 aromatic carbocycles. The molecule has 0 aliphatic rings. The number of H-pyrrole nitrogens is 1. The molecular formula is C13H15N3O. The second-order valence-electron chi connectivity index (χ2n) is 4.07. The molecule has 0 aliphatic carbocycles. The summed E-state index contributed by atoms with van der Waals surface area (Å²) in [7, 11) is 0. The number of anilines is 1. The van der Waals surface area contributed by atoms with Gasteiger partial charge in [-0.15, -0.1) is 0 Å². The minimum absolute atomic E-state index is 0.193. The zero-order valence-corrected chi connectivity index (χ0v) is 9.68. The van der Waals surface area contributed by atoms with Gasteiger partial charge in [-0.1, -0.05) is 30.3 Å². The molecule has 2 N–H and O–H groups in total. The van der Waals surface area contributed by atoms with Crippen molar-refractivity contribution in [1.29, 1.82) is 0 Å². The zero-order chi connectivity index (χ0) is 12.1. The van der Waals surface area contributed by atoms with Gasteiger partial charge < -0.3 is 5.32 Å². The lowest BCUT2D eigenvalue weighted by Gasteiger charge is -2.14. The lowest BCUT2D eigenvalue weighted by atomic mass is 10.1. The van der Waals surface area contributed by atoms with Gasteiger partial charge in [0.1, 0.15) is 0 Å². The van der Waals surface area contributed by atoms with Gasteiger partial charge >= 0.3 is 0 Å². The minimum Gasteiger partial charge on any atom is -0.381 e. The van der Waals surface area contributed by atoms with E-state index in [1.54, 1.807) is 6.20 Å². The molecule has 0 saturated carbocycles. The Labute approximate surface area is 99.7 Å². The molecule has 2 rings (SSSR count). The summed E-state index contributed by atoms with van der Waals surface area (Å²) in [6, 6.07) is 12.0. The summed E-state index contributed by atoms with van der Waals surface area (Å²) in [6.45, 7) is 2.08. The average Bonchev–Trinajstić information content (AvgIpc) is 2.30. The molecule has 1 heterocycles. The van der Waals surface area contributed by atoms with E-state index in [-0.39, 0.29) is 11.6 Å². The number of hydrogen-bond donors (Lipinski definition) is 2. The summed E-state index contributed by atoms with van der Waals surface area (Å²) in [5.41, 5.74) is 1.82. The van der Waals surface area contributed by atoms with Crippen molar-refractivity contribution in [3.8, 4) is 0 Å². The molecule has 0 amide bonds. The predicted molar refractivity (Wildman–Crippen MR) is 68.1 cm³/mol. The second kappa shape index (κ2) is 5.30. The number of nitrogens with one attached hydrogen (secondary N) is 2. The maximum Gasteiger partial charge on any atom is 0.266 e. The van der Waals surface area contributed by atoms with Crippen LogP contribution in [0.3, 0.4) is 0 Å². The Hall–Kier alpha value is -2.10. The highest BCUT2D eigenvalue weighted by Gasteiger charge is 2.03. The van der Waals surface area contributed by atoms with Crippen LogP contribution >= 0.6 is 0 Å². The Morgan fingerprint density at radius 1 is 1.35 bits per heavy atom. The van der Waals surface area contributed by atoms with Gasteiger partial charge in [0.2, 0.25) is 0 Å². The summed E-state index contributed by atoms with van der Waals surface area (Å²) in [4.78, 5) is 11.1. The van der Waals surface area contributed by atoms with Crippen molar-refractivity contribution in [2.24, 2.45) is 0 Å². The third-order valence-electron chi connectivity index (χ3n) is 2.46. The summed E-state index contributed by atoms with van der Waals surface area (Å²) in [5, 5.41) is 9.34. The average molecular weight is 229 g/mol. The topological polar surface area (TPSA) is 57.8 Å². The Bertz CT molecular complexity index is 521. The van der Waals surface area contributed by atoms with E-state index in [9.17, 15) is 4.79 Å². The normalized spacial score (nSPS) is 12.1. The van der Waals surface area contributed by atoms with Crippen LogP contribution in [-0.2, 0) is 6.42 Å². The zero-order valence-electron chi connectivity index (χ0n) is 9.68. The molecule has 4 nitrogen and oxygen atoms in total. The van der Waals surface area contributed by atoms with Crippen LogP contribution in [0.1, 0.15) is 12.5 Å². The van der Waals surface area contributed by atoms with Gasteiger partial charge in [-0.2, -0.15) is 5.10 Å². The van der Waals surface area contributed by atoms with Crippen LogP contribution in [0.5, 0.6) is 0 Å². The Morgan fingerprint density at radius 3 is 2.82 bits per heavy atom. The number of aromatic amines is 1. The van der Waals surface area contributed by atoms with Crippen molar-refractivity contribution in [2.45, 2.75) is 19.4 Å². The first-order valence-electron chi connectivity index (χ1n) is 5.59. The Kier molecular flexibility index (Phi) is 3.55. The molecule has 1 atom stereocenters. The molecule has 0 bridgehead atoms. The SMILES string of the molecule is CC(Cc1ccccc1)Nc1cn[nH]c(=O)c1. The molecule has 0 spiro atoms. The van der Waals surface area contributed by atoms with Crippen LogP contribution < -0.4 is 10.9 Å². The van der Waals surface area contributed by atoms with E-state index >= 15 is 0 Å². The van der Waals surface area contributed by atoms with Crippen LogP contribution in [-0.4, -0.2) is 16.2 Å². The van der Waals surface area contributed by atoms with E-state index in [2.05, 4.69) is 34.6 Å². The van der Waals surface area contributed by atoms with Gasteiger partial charge in [0, 0.05) is 12.1 Å². The molecule has 0 saturated heterocycles. The molecule has 1 aromatic heterocycles. The first-order valence-corrected chi connectivity index (χ1v) is 5.59. The van der Waals surface area contributed by atoms with E-state index in [1.165, 1.54) is 11.6 Å². The molecule has 1 unspecified atom stereocenters. The number of benzene rings is 1. The van der Waals surface area contributed by atoms with Gasteiger partial charge in [-0.3, -0.25) is 4.79 Å². The summed E-state index contributed by atoms with van der Waals surface area (Å²) in [5.74, 6) is 0. The van der Waals surface area contributed by atoms with Crippen molar-refractivity contribution < 1.29 is 0 Å². The molecule has 4 heteroatoms. The van der Waals surface area contributed by atoms with Gasteiger partial charge in [0.05, 0.1) is 11.9 Å². The van der Waals surface area contributed by atoms with E-state index in [0.717, 1.165) is 12.1 Å². The third kappa shape index (κ3) is 3.45. The fourth-order valence-corrected chi connectivity index (χ4v) is 1.76. The third-order valence-corrected chi connectivity index (χ3v) is 2.46. The lowest BCUT2D eigenvalue weighted by molar-refractivity contribution is 0.787. The van der Waals surface area contributed by atoms with E-state index < -0.39 is 0 Å². The van der Waals surface area contributed by atoms with Gasteiger partial charge in [-0.05, 0) is 18.9 Å². The largest absolute Gasteiger partial charge is 0.381 e. The van der Waals surface area contributed by atoms with Crippen LogP contribution in [0.2, 0.25) is 0 Å². The first-order chi connectivity index (χ1) is 8.24. The first kappa shape index (κ1) is 11.4. The van der Waals surface area contributed by atoms with Crippen molar-refractivity contribution in [3.05, 3.63) is 58.5 Å². The van der Waals surface area contributed by atoms with Crippen molar-refractivity contribution in [2.75, 3.05) is 5.32 Å². The second-order valence-corrected chi connectivity index (χ2v) is 4.07. The minimum atomic E-state index is -0.193.